The molecule has 2 aromatic rings. The van der Waals surface area contributed by atoms with Gasteiger partial charge in [0.2, 0.25) is 0 Å². The first kappa shape index (κ1) is 15.4. The largest absolute Gasteiger partial charge is 0.488 e. The summed E-state index contributed by atoms with van der Waals surface area (Å²) in [4.78, 5) is 0. The first-order chi connectivity index (χ1) is 11.0. The van der Waals surface area contributed by atoms with Crippen LogP contribution in [0.25, 0.3) is 0 Å². The Morgan fingerprint density at radius 1 is 1.09 bits per heavy atom. The van der Waals surface area contributed by atoms with Crippen LogP contribution in [0.3, 0.4) is 0 Å². The maximum Gasteiger partial charge on any atom is 0.419 e. The molecule has 0 aliphatic carbocycles. The zero-order chi connectivity index (χ0) is 16.4. The van der Waals surface area contributed by atoms with E-state index in [-0.39, 0.29) is 17.9 Å². The number of hydrogen-bond donors (Lipinski definition) is 0. The van der Waals surface area contributed by atoms with E-state index >= 15 is 0 Å². The number of alkyl halides is 3. The number of nitrogens with zero attached hydrogens (tertiary/aromatic N) is 1. The average molecular weight is 319 g/mol. The number of halogens is 3. The molecule has 1 aliphatic heterocycles. The molecule has 0 amide bonds. The molecule has 0 fully saturated rings. The van der Waals surface area contributed by atoms with Crippen molar-refractivity contribution in [2.24, 2.45) is 0 Å². The molecule has 0 bridgehead atoms. The summed E-state index contributed by atoms with van der Waals surface area (Å²) in [7, 11) is 0. The third kappa shape index (κ3) is 3.30. The Kier molecular flexibility index (Phi) is 3.97. The highest BCUT2D eigenvalue weighted by Gasteiger charge is 2.34. The molecule has 23 heavy (non-hydrogen) atoms. The minimum absolute atomic E-state index is 0.00869. The molecule has 0 N–H and O–H groups in total. The number of hydrogen-bond acceptors (Lipinski definition) is 3. The molecule has 0 aromatic heterocycles. The van der Waals surface area contributed by atoms with E-state index in [2.05, 4.69) is 0 Å². The van der Waals surface area contributed by atoms with Gasteiger partial charge in [0.05, 0.1) is 30.4 Å². The summed E-state index contributed by atoms with van der Waals surface area (Å²) < 4.78 is 49.7. The highest BCUT2D eigenvalue weighted by molar-refractivity contribution is 5.44. The Bertz CT molecular complexity index is 778. The van der Waals surface area contributed by atoms with Crippen molar-refractivity contribution >= 4 is 0 Å². The smallest absolute Gasteiger partial charge is 0.419 e. The van der Waals surface area contributed by atoms with Crippen LogP contribution in [0.1, 0.15) is 27.8 Å². The topological polar surface area (TPSA) is 42.2 Å². The molecule has 1 aliphatic rings. The molecular weight excluding hydrogens is 307 g/mol. The maximum atomic E-state index is 13.0. The molecule has 0 radical (unpaired) electrons. The van der Waals surface area contributed by atoms with Crippen molar-refractivity contribution in [3.05, 3.63) is 64.2 Å². The van der Waals surface area contributed by atoms with E-state index in [4.69, 9.17) is 14.7 Å². The van der Waals surface area contributed by atoms with Crippen LogP contribution in [0.4, 0.5) is 13.2 Å². The highest BCUT2D eigenvalue weighted by Crippen LogP contribution is 2.37. The van der Waals surface area contributed by atoms with Crippen LogP contribution >= 0.6 is 0 Å². The minimum Gasteiger partial charge on any atom is -0.488 e. The average Bonchev–Trinajstić information content (AvgIpc) is 2.99. The number of nitriles is 1. The number of benzene rings is 2. The fourth-order valence-corrected chi connectivity index (χ4v) is 2.42. The molecule has 3 nitrogen and oxygen atoms in total. The van der Waals surface area contributed by atoms with Crippen LogP contribution in [0.5, 0.6) is 5.75 Å². The quantitative estimate of drug-likeness (QED) is 0.852. The second-order valence-corrected chi connectivity index (χ2v) is 5.21. The van der Waals surface area contributed by atoms with Crippen LogP contribution in [-0.2, 0) is 30.7 Å². The summed E-state index contributed by atoms with van der Waals surface area (Å²) in [5, 5.41) is 8.85. The van der Waals surface area contributed by atoms with Gasteiger partial charge in [0.15, 0.2) is 0 Å². The van der Waals surface area contributed by atoms with Crippen LogP contribution in [0.15, 0.2) is 36.4 Å². The van der Waals surface area contributed by atoms with Gasteiger partial charge in [-0.05, 0) is 41.0 Å². The molecular formula is C17H12F3NO2. The van der Waals surface area contributed by atoms with Gasteiger partial charge in [-0.1, -0.05) is 12.1 Å². The highest BCUT2D eigenvalue weighted by atomic mass is 19.4. The first-order valence-corrected chi connectivity index (χ1v) is 6.90. The van der Waals surface area contributed by atoms with Crippen molar-refractivity contribution in [2.45, 2.75) is 26.0 Å². The van der Waals surface area contributed by atoms with Gasteiger partial charge in [0, 0.05) is 0 Å². The molecule has 0 saturated carbocycles. The summed E-state index contributed by atoms with van der Waals surface area (Å²) in [6.45, 7) is 1.05. The lowest BCUT2D eigenvalue weighted by atomic mass is 10.1. The number of rotatable bonds is 3. The lowest BCUT2D eigenvalue weighted by Gasteiger charge is -2.14. The standard InChI is InChI=1S/C17H12F3NO2/c18-17(19,20)15-4-2-11(7-21)6-16(15)23-8-12-1-3-13-9-22-10-14(13)5-12/h1-6H,8-10H2. The first-order valence-electron chi connectivity index (χ1n) is 6.90. The van der Waals surface area contributed by atoms with Gasteiger partial charge in [-0.25, -0.2) is 0 Å². The lowest BCUT2D eigenvalue weighted by molar-refractivity contribution is -0.139. The Morgan fingerprint density at radius 3 is 2.61 bits per heavy atom. The molecule has 0 saturated heterocycles. The predicted molar refractivity (Wildman–Crippen MR) is 75.4 cm³/mol. The van der Waals surface area contributed by atoms with E-state index in [9.17, 15) is 13.2 Å². The molecule has 3 rings (SSSR count). The van der Waals surface area contributed by atoms with E-state index in [1.165, 1.54) is 0 Å². The SMILES string of the molecule is N#Cc1ccc(C(F)(F)F)c(OCc2ccc3c(c2)COC3)c1. The van der Waals surface area contributed by atoms with Crippen LogP contribution < -0.4 is 4.74 Å². The van der Waals surface area contributed by atoms with E-state index < -0.39 is 11.7 Å². The van der Waals surface area contributed by atoms with Gasteiger partial charge >= 0.3 is 6.18 Å². The summed E-state index contributed by atoms with van der Waals surface area (Å²) in [5.74, 6) is -0.340. The number of fused-ring (bicyclic) bond motifs is 1. The third-order valence-electron chi connectivity index (χ3n) is 3.60. The summed E-state index contributed by atoms with van der Waals surface area (Å²) >= 11 is 0. The molecule has 118 valence electrons. The minimum atomic E-state index is -4.53. The fraction of sp³-hybridized carbons (Fsp3) is 0.235. The van der Waals surface area contributed by atoms with Gasteiger partial charge in [0.25, 0.3) is 0 Å². The van der Waals surface area contributed by atoms with Crippen molar-refractivity contribution in [1.29, 1.82) is 5.26 Å². The lowest BCUT2D eigenvalue weighted by Crippen LogP contribution is -2.09. The Hall–Kier alpha value is -2.52. The van der Waals surface area contributed by atoms with Gasteiger partial charge in [0.1, 0.15) is 12.4 Å². The van der Waals surface area contributed by atoms with Crippen molar-refractivity contribution in [3.8, 4) is 11.8 Å². The molecule has 1 heterocycles. The van der Waals surface area contributed by atoms with E-state index in [1.807, 2.05) is 18.2 Å². The van der Waals surface area contributed by atoms with Crippen LogP contribution in [-0.4, -0.2) is 0 Å². The van der Waals surface area contributed by atoms with Gasteiger partial charge in [-0.3, -0.25) is 0 Å². The van der Waals surface area contributed by atoms with Crippen molar-refractivity contribution in [1.82, 2.24) is 0 Å². The van der Waals surface area contributed by atoms with Crippen LogP contribution in [0.2, 0.25) is 0 Å². The maximum absolute atomic E-state index is 13.0. The normalized spacial score (nSPS) is 13.5. The molecule has 6 heteroatoms. The van der Waals surface area contributed by atoms with Crippen molar-refractivity contribution < 1.29 is 22.6 Å². The van der Waals surface area contributed by atoms with Crippen molar-refractivity contribution in [2.75, 3.05) is 0 Å². The van der Waals surface area contributed by atoms with E-state index in [1.54, 1.807) is 6.07 Å². The zero-order valence-corrected chi connectivity index (χ0v) is 12.0. The van der Waals surface area contributed by atoms with Gasteiger partial charge < -0.3 is 9.47 Å². The van der Waals surface area contributed by atoms with Crippen molar-refractivity contribution in [3.63, 3.8) is 0 Å². The Morgan fingerprint density at radius 2 is 1.87 bits per heavy atom. The Labute approximate surface area is 130 Å². The molecule has 0 atom stereocenters. The predicted octanol–water partition coefficient (Wildman–Crippen LogP) is 4.19. The molecule has 2 aromatic carbocycles. The monoisotopic (exact) mass is 319 g/mol. The van der Waals surface area contributed by atoms with E-state index in [0.717, 1.165) is 34.9 Å². The van der Waals surface area contributed by atoms with Gasteiger partial charge in [-0.2, -0.15) is 18.4 Å². The van der Waals surface area contributed by atoms with Crippen LogP contribution in [0, 0.1) is 11.3 Å². The summed E-state index contributed by atoms with van der Waals surface area (Å²) in [5.41, 5.74) is 2.09. The number of ether oxygens (including phenoxy) is 2. The fourth-order valence-electron chi connectivity index (χ4n) is 2.42. The Balaban J connectivity index is 1.83. The third-order valence-corrected chi connectivity index (χ3v) is 3.60. The molecule has 0 spiro atoms. The van der Waals surface area contributed by atoms with Gasteiger partial charge in [-0.15, -0.1) is 0 Å². The second kappa shape index (κ2) is 5.94. The molecule has 0 unspecified atom stereocenters. The summed E-state index contributed by atoms with van der Waals surface area (Å²) in [6, 6.07) is 10.5. The van der Waals surface area contributed by atoms with E-state index in [0.29, 0.717) is 13.2 Å². The zero-order valence-electron chi connectivity index (χ0n) is 12.0. The summed E-state index contributed by atoms with van der Waals surface area (Å²) in [6.07, 6.45) is -4.53. The second-order valence-electron chi connectivity index (χ2n) is 5.21.